The fourth-order valence-corrected chi connectivity index (χ4v) is 4.00. The van der Waals surface area contributed by atoms with Crippen LogP contribution in [0.3, 0.4) is 0 Å². The molecule has 0 fully saturated rings. The predicted molar refractivity (Wildman–Crippen MR) is 100 cm³/mol. The summed E-state index contributed by atoms with van der Waals surface area (Å²) < 4.78 is 5.28. The third-order valence-electron chi connectivity index (χ3n) is 4.72. The Balaban J connectivity index is 1.38. The topological polar surface area (TPSA) is 75.4 Å². The molecule has 2 heterocycles. The summed E-state index contributed by atoms with van der Waals surface area (Å²) in [5.41, 5.74) is 3.17. The molecule has 0 saturated heterocycles. The highest BCUT2D eigenvalue weighted by Gasteiger charge is 2.24. The molecule has 4 rings (SSSR count). The quantitative estimate of drug-likeness (QED) is 0.719. The van der Waals surface area contributed by atoms with Crippen LogP contribution in [0.25, 0.3) is 10.4 Å². The summed E-state index contributed by atoms with van der Waals surface area (Å²) in [6.07, 6.45) is 3.03. The zero-order valence-corrected chi connectivity index (χ0v) is 15.1. The maximum Gasteiger partial charge on any atom is 0.273 e. The van der Waals surface area contributed by atoms with Gasteiger partial charge in [0.1, 0.15) is 5.76 Å². The largest absolute Gasteiger partial charge is 0.387 e. The number of amides is 1. The lowest BCUT2D eigenvalue weighted by Crippen LogP contribution is -2.29. The highest BCUT2D eigenvalue weighted by Crippen LogP contribution is 2.26. The summed E-state index contributed by atoms with van der Waals surface area (Å²) in [5, 5.41) is 19.1. The Bertz CT molecular complexity index is 884. The summed E-state index contributed by atoms with van der Waals surface area (Å²) in [4.78, 5) is 13.6. The molecule has 0 bridgehead atoms. The number of aliphatic hydroxyl groups is 1. The van der Waals surface area contributed by atoms with Crippen LogP contribution in [0.1, 0.15) is 46.3 Å². The lowest BCUT2D eigenvalue weighted by atomic mass is 9.96. The number of rotatable bonds is 5. The number of aromatic nitrogens is 1. The maximum atomic E-state index is 12.4. The zero-order chi connectivity index (χ0) is 17.9. The van der Waals surface area contributed by atoms with Crippen molar-refractivity contribution in [2.45, 2.75) is 31.8 Å². The second-order valence-corrected chi connectivity index (χ2v) is 7.41. The third-order valence-corrected chi connectivity index (χ3v) is 5.64. The van der Waals surface area contributed by atoms with Crippen molar-refractivity contribution in [2.24, 2.45) is 0 Å². The van der Waals surface area contributed by atoms with E-state index in [4.69, 9.17) is 4.52 Å². The van der Waals surface area contributed by atoms with Gasteiger partial charge >= 0.3 is 0 Å². The molecule has 3 aromatic rings. The van der Waals surface area contributed by atoms with Gasteiger partial charge in [0.15, 0.2) is 5.69 Å². The molecule has 5 nitrogen and oxygen atoms in total. The molecular formula is C20H20N2O3S. The maximum absolute atomic E-state index is 12.4. The van der Waals surface area contributed by atoms with E-state index < -0.39 is 6.10 Å². The van der Waals surface area contributed by atoms with E-state index in [-0.39, 0.29) is 12.5 Å². The average Bonchev–Trinajstić information content (AvgIpc) is 3.36. The Morgan fingerprint density at radius 3 is 2.81 bits per heavy atom. The Morgan fingerprint density at radius 2 is 2.04 bits per heavy atom. The molecule has 1 aliphatic rings. The van der Waals surface area contributed by atoms with Crippen molar-refractivity contribution in [3.8, 4) is 10.4 Å². The molecule has 2 aromatic heterocycles. The predicted octanol–water partition coefficient (Wildman–Crippen LogP) is 3.75. The summed E-state index contributed by atoms with van der Waals surface area (Å²) in [7, 11) is 0. The summed E-state index contributed by atoms with van der Waals surface area (Å²) >= 11 is 1.68. The fourth-order valence-electron chi connectivity index (χ4n) is 3.27. The van der Waals surface area contributed by atoms with Crippen molar-refractivity contribution in [3.63, 3.8) is 0 Å². The zero-order valence-electron chi connectivity index (χ0n) is 14.3. The molecule has 0 spiro atoms. The fraction of sp³-hybridized carbons (Fsp3) is 0.300. The standard InChI is InChI=1S/C20H20N2O3S/c23-16(13-7-9-14(10-8-13)18-6-3-11-26-18)12-21-20(24)19-15-4-1-2-5-17(15)25-22-19/h3,6-11,16,23H,1-2,4-5,12H2,(H,21,24). The first-order chi connectivity index (χ1) is 12.7. The number of fused-ring (bicyclic) bond motifs is 1. The Labute approximate surface area is 155 Å². The number of nitrogens with one attached hydrogen (secondary N) is 1. The minimum atomic E-state index is -0.765. The first kappa shape index (κ1) is 17.0. The smallest absolute Gasteiger partial charge is 0.273 e. The van der Waals surface area contributed by atoms with Crippen LogP contribution in [0, 0.1) is 0 Å². The van der Waals surface area contributed by atoms with Gasteiger partial charge in [-0.3, -0.25) is 4.79 Å². The Morgan fingerprint density at radius 1 is 1.23 bits per heavy atom. The van der Waals surface area contributed by atoms with Crippen LogP contribution in [0.2, 0.25) is 0 Å². The van der Waals surface area contributed by atoms with E-state index in [1.165, 1.54) is 4.88 Å². The van der Waals surface area contributed by atoms with Gasteiger partial charge in [0, 0.05) is 23.4 Å². The second kappa shape index (κ2) is 7.43. The lowest BCUT2D eigenvalue weighted by Gasteiger charge is -2.13. The first-order valence-corrected chi connectivity index (χ1v) is 9.68. The van der Waals surface area contributed by atoms with Crippen LogP contribution >= 0.6 is 11.3 Å². The molecule has 6 heteroatoms. The molecule has 1 atom stereocenters. The minimum Gasteiger partial charge on any atom is -0.387 e. The van der Waals surface area contributed by atoms with Crippen molar-refractivity contribution in [1.82, 2.24) is 10.5 Å². The number of aliphatic hydroxyl groups excluding tert-OH is 1. The van der Waals surface area contributed by atoms with Gasteiger partial charge in [-0.05, 0) is 41.8 Å². The average molecular weight is 368 g/mol. The minimum absolute atomic E-state index is 0.138. The van der Waals surface area contributed by atoms with Crippen LogP contribution in [-0.4, -0.2) is 22.7 Å². The van der Waals surface area contributed by atoms with E-state index in [2.05, 4.69) is 16.5 Å². The highest BCUT2D eigenvalue weighted by molar-refractivity contribution is 7.13. The molecule has 2 N–H and O–H groups in total. The van der Waals surface area contributed by atoms with Crippen molar-refractivity contribution in [3.05, 3.63) is 64.4 Å². The number of hydrogen-bond donors (Lipinski definition) is 2. The van der Waals surface area contributed by atoms with E-state index in [1.54, 1.807) is 11.3 Å². The number of nitrogens with zero attached hydrogens (tertiary/aromatic N) is 1. The molecule has 26 heavy (non-hydrogen) atoms. The molecule has 0 radical (unpaired) electrons. The van der Waals surface area contributed by atoms with Crippen molar-refractivity contribution >= 4 is 17.2 Å². The SMILES string of the molecule is O=C(NCC(O)c1ccc(-c2cccs2)cc1)c1noc2c1CCCC2. The van der Waals surface area contributed by atoms with E-state index in [0.29, 0.717) is 5.69 Å². The summed E-state index contributed by atoms with van der Waals surface area (Å²) in [6, 6.07) is 11.8. The molecule has 1 aliphatic carbocycles. The van der Waals surface area contributed by atoms with E-state index >= 15 is 0 Å². The van der Waals surface area contributed by atoms with Crippen LogP contribution < -0.4 is 5.32 Å². The second-order valence-electron chi connectivity index (χ2n) is 6.47. The molecule has 1 unspecified atom stereocenters. The molecule has 1 amide bonds. The molecule has 134 valence electrons. The van der Waals surface area contributed by atoms with Gasteiger partial charge < -0.3 is 14.9 Å². The third kappa shape index (κ3) is 3.43. The van der Waals surface area contributed by atoms with Gasteiger partial charge in [-0.1, -0.05) is 35.5 Å². The van der Waals surface area contributed by atoms with Gasteiger partial charge in [-0.2, -0.15) is 0 Å². The van der Waals surface area contributed by atoms with Crippen LogP contribution in [0.15, 0.2) is 46.3 Å². The lowest BCUT2D eigenvalue weighted by molar-refractivity contribution is 0.0906. The van der Waals surface area contributed by atoms with E-state index in [9.17, 15) is 9.90 Å². The number of aryl methyl sites for hydroxylation is 1. The van der Waals surface area contributed by atoms with E-state index in [1.807, 2.05) is 35.7 Å². The van der Waals surface area contributed by atoms with Crippen LogP contribution in [-0.2, 0) is 12.8 Å². The number of carbonyl (C=O) groups excluding carboxylic acids is 1. The van der Waals surface area contributed by atoms with Gasteiger partial charge in [-0.25, -0.2) is 0 Å². The number of benzene rings is 1. The molecule has 0 aliphatic heterocycles. The summed E-state index contributed by atoms with van der Waals surface area (Å²) in [5.74, 6) is 0.539. The van der Waals surface area contributed by atoms with E-state index in [0.717, 1.165) is 48.1 Å². The van der Waals surface area contributed by atoms with Gasteiger partial charge in [0.05, 0.1) is 6.10 Å². The van der Waals surface area contributed by atoms with Gasteiger partial charge in [0.25, 0.3) is 5.91 Å². The summed E-state index contributed by atoms with van der Waals surface area (Å²) in [6.45, 7) is 0.138. The number of carbonyl (C=O) groups is 1. The van der Waals surface area contributed by atoms with Crippen molar-refractivity contribution < 1.29 is 14.4 Å². The van der Waals surface area contributed by atoms with Crippen LogP contribution in [0.4, 0.5) is 0 Å². The highest BCUT2D eigenvalue weighted by atomic mass is 32.1. The van der Waals surface area contributed by atoms with Gasteiger partial charge in [-0.15, -0.1) is 11.3 Å². The van der Waals surface area contributed by atoms with Crippen LogP contribution in [0.5, 0.6) is 0 Å². The Hall–Kier alpha value is -2.44. The van der Waals surface area contributed by atoms with Crippen molar-refractivity contribution in [1.29, 1.82) is 0 Å². The van der Waals surface area contributed by atoms with Crippen molar-refractivity contribution in [2.75, 3.05) is 6.54 Å². The number of hydrogen-bond acceptors (Lipinski definition) is 5. The normalized spacial score (nSPS) is 14.7. The number of thiophene rings is 1. The molecular weight excluding hydrogens is 348 g/mol. The Kier molecular flexibility index (Phi) is 4.86. The molecule has 1 aromatic carbocycles. The molecule has 0 saturated carbocycles. The first-order valence-electron chi connectivity index (χ1n) is 8.80. The van der Waals surface area contributed by atoms with Gasteiger partial charge in [0.2, 0.25) is 0 Å². The monoisotopic (exact) mass is 368 g/mol.